The summed E-state index contributed by atoms with van der Waals surface area (Å²) in [6.45, 7) is 9.17. The highest BCUT2D eigenvalue weighted by Crippen LogP contribution is 2.16. The molecular formula is C10H23NO2. The van der Waals surface area contributed by atoms with Crippen LogP contribution in [-0.2, 0) is 0 Å². The van der Waals surface area contributed by atoms with E-state index in [0.29, 0.717) is 6.54 Å². The molecule has 0 aliphatic heterocycles. The van der Waals surface area contributed by atoms with Crippen LogP contribution in [0.15, 0.2) is 0 Å². The Morgan fingerprint density at radius 1 is 1.08 bits per heavy atom. The van der Waals surface area contributed by atoms with E-state index in [1.165, 1.54) is 0 Å². The number of aliphatic hydroxyl groups excluding tert-OH is 1. The smallest absolute Gasteiger partial charge is 0.0718 e. The normalized spacial score (nSPS) is 13.8. The van der Waals surface area contributed by atoms with Crippen molar-refractivity contribution in [1.82, 2.24) is 4.90 Å². The molecule has 0 rings (SSSR count). The third-order valence-electron chi connectivity index (χ3n) is 1.78. The van der Waals surface area contributed by atoms with Crippen molar-refractivity contribution >= 4 is 0 Å². The highest BCUT2D eigenvalue weighted by molar-refractivity contribution is 4.76. The van der Waals surface area contributed by atoms with Gasteiger partial charge in [0.05, 0.1) is 5.60 Å². The van der Waals surface area contributed by atoms with E-state index in [-0.39, 0.29) is 12.0 Å². The molecule has 0 aromatic rings. The van der Waals surface area contributed by atoms with Gasteiger partial charge < -0.3 is 15.1 Å². The fourth-order valence-electron chi connectivity index (χ4n) is 1.50. The van der Waals surface area contributed by atoms with Crippen molar-refractivity contribution in [2.24, 2.45) is 5.41 Å². The Morgan fingerprint density at radius 2 is 1.54 bits per heavy atom. The van der Waals surface area contributed by atoms with Gasteiger partial charge in [-0.15, -0.1) is 0 Å². The van der Waals surface area contributed by atoms with Gasteiger partial charge in [-0.25, -0.2) is 0 Å². The number of likely N-dealkylation sites (N-methyl/N-ethyl adjacent to an activating group) is 1. The maximum Gasteiger partial charge on any atom is 0.0718 e. The lowest BCUT2D eigenvalue weighted by atomic mass is 9.94. The minimum absolute atomic E-state index is 0.0972. The van der Waals surface area contributed by atoms with Gasteiger partial charge in [-0.2, -0.15) is 0 Å². The van der Waals surface area contributed by atoms with Gasteiger partial charge in [-0.3, -0.25) is 0 Å². The van der Waals surface area contributed by atoms with Crippen LogP contribution >= 0.6 is 0 Å². The van der Waals surface area contributed by atoms with E-state index >= 15 is 0 Å². The summed E-state index contributed by atoms with van der Waals surface area (Å²) in [6.07, 6.45) is 0. The summed E-state index contributed by atoms with van der Waals surface area (Å²) in [4.78, 5) is 2.04. The summed E-state index contributed by atoms with van der Waals surface area (Å²) in [5.74, 6) is 0. The van der Waals surface area contributed by atoms with Gasteiger partial charge in [-0.05, 0) is 20.9 Å². The van der Waals surface area contributed by atoms with E-state index in [1.807, 2.05) is 25.8 Å². The molecule has 0 aromatic heterocycles. The minimum Gasteiger partial charge on any atom is -0.396 e. The van der Waals surface area contributed by atoms with Crippen molar-refractivity contribution in [3.63, 3.8) is 0 Å². The third kappa shape index (κ3) is 6.99. The van der Waals surface area contributed by atoms with Crippen LogP contribution in [0.25, 0.3) is 0 Å². The first-order valence-corrected chi connectivity index (χ1v) is 4.68. The predicted octanol–water partition coefficient (Wildman–Crippen LogP) is 0.708. The van der Waals surface area contributed by atoms with E-state index in [9.17, 15) is 5.11 Å². The Kier molecular flexibility index (Phi) is 4.36. The summed E-state index contributed by atoms with van der Waals surface area (Å²) in [5.41, 5.74) is -0.764. The number of hydrogen-bond donors (Lipinski definition) is 2. The largest absolute Gasteiger partial charge is 0.396 e. The average Bonchev–Trinajstić information content (AvgIpc) is 1.81. The fourth-order valence-corrected chi connectivity index (χ4v) is 1.50. The lowest BCUT2D eigenvalue weighted by Crippen LogP contribution is -2.41. The molecule has 0 aromatic carbocycles. The lowest BCUT2D eigenvalue weighted by molar-refractivity contribution is 0.0256. The molecule has 0 atom stereocenters. The second kappa shape index (κ2) is 4.40. The fraction of sp³-hybridized carbons (Fsp3) is 1.00. The molecule has 13 heavy (non-hydrogen) atoms. The summed E-state index contributed by atoms with van der Waals surface area (Å²) < 4.78 is 0. The number of nitrogens with zero attached hydrogens (tertiary/aromatic N) is 1. The number of aliphatic hydroxyl groups is 2. The van der Waals surface area contributed by atoms with Crippen LogP contribution in [0.5, 0.6) is 0 Å². The summed E-state index contributed by atoms with van der Waals surface area (Å²) in [7, 11) is 1.95. The van der Waals surface area contributed by atoms with Gasteiger partial charge in [0.25, 0.3) is 0 Å². The van der Waals surface area contributed by atoms with Gasteiger partial charge in [-0.1, -0.05) is 13.8 Å². The molecule has 3 heteroatoms. The summed E-state index contributed by atoms with van der Waals surface area (Å²) in [5, 5.41) is 18.6. The van der Waals surface area contributed by atoms with E-state index < -0.39 is 5.60 Å². The van der Waals surface area contributed by atoms with Gasteiger partial charge >= 0.3 is 0 Å². The summed E-state index contributed by atoms with van der Waals surface area (Å²) in [6, 6.07) is 0. The van der Waals surface area contributed by atoms with Gasteiger partial charge in [0.15, 0.2) is 0 Å². The second-order valence-corrected chi connectivity index (χ2v) is 5.31. The molecule has 3 nitrogen and oxygen atoms in total. The molecule has 0 fully saturated rings. The topological polar surface area (TPSA) is 43.7 Å². The van der Waals surface area contributed by atoms with Crippen LogP contribution in [-0.4, -0.2) is 47.5 Å². The first kappa shape index (κ1) is 12.9. The molecule has 0 unspecified atom stereocenters. The molecule has 0 saturated heterocycles. The molecular weight excluding hydrogens is 166 g/mol. The Hall–Kier alpha value is -0.120. The SMILES string of the molecule is CN(CC(C)(C)O)CC(C)(C)CO. The summed E-state index contributed by atoms with van der Waals surface area (Å²) >= 11 is 0. The lowest BCUT2D eigenvalue weighted by Gasteiger charge is -2.32. The first-order valence-electron chi connectivity index (χ1n) is 4.68. The van der Waals surface area contributed by atoms with Crippen molar-refractivity contribution in [1.29, 1.82) is 0 Å². The maximum atomic E-state index is 9.55. The predicted molar refractivity (Wildman–Crippen MR) is 54.7 cm³/mol. The maximum absolute atomic E-state index is 9.55. The number of rotatable bonds is 5. The van der Waals surface area contributed by atoms with Gasteiger partial charge in [0.1, 0.15) is 0 Å². The van der Waals surface area contributed by atoms with Crippen LogP contribution in [0, 0.1) is 5.41 Å². The molecule has 0 saturated carbocycles. The molecule has 0 radical (unpaired) electrons. The molecule has 0 aliphatic rings. The first-order chi connectivity index (χ1) is 5.66. The van der Waals surface area contributed by atoms with Crippen LogP contribution in [0.2, 0.25) is 0 Å². The van der Waals surface area contributed by atoms with Gasteiger partial charge in [0, 0.05) is 25.1 Å². The van der Waals surface area contributed by atoms with Crippen molar-refractivity contribution in [3.05, 3.63) is 0 Å². The third-order valence-corrected chi connectivity index (χ3v) is 1.78. The molecule has 0 aliphatic carbocycles. The van der Waals surface area contributed by atoms with E-state index in [1.54, 1.807) is 13.8 Å². The van der Waals surface area contributed by atoms with Crippen molar-refractivity contribution in [2.75, 3.05) is 26.7 Å². The quantitative estimate of drug-likeness (QED) is 0.669. The highest BCUT2D eigenvalue weighted by Gasteiger charge is 2.22. The van der Waals surface area contributed by atoms with Crippen molar-refractivity contribution < 1.29 is 10.2 Å². The van der Waals surface area contributed by atoms with E-state index in [0.717, 1.165) is 6.54 Å². The van der Waals surface area contributed by atoms with E-state index in [2.05, 4.69) is 0 Å². The molecule has 0 spiro atoms. The molecule has 0 bridgehead atoms. The van der Waals surface area contributed by atoms with Gasteiger partial charge in [0.2, 0.25) is 0 Å². The van der Waals surface area contributed by atoms with Crippen LogP contribution in [0.4, 0.5) is 0 Å². The molecule has 2 N–H and O–H groups in total. The zero-order chi connectivity index (χ0) is 10.7. The van der Waals surface area contributed by atoms with Crippen molar-refractivity contribution in [2.45, 2.75) is 33.3 Å². The Balaban J connectivity index is 3.94. The highest BCUT2D eigenvalue weighted by atomic mass is 16.3. The standard InChI is InChI=1S/C10H23NO2/c1-9(2,8-12)6-11(5)7-10(3,4)13/h12-13H,6-8H2,1-5H3. The minimum atomic E-state index is -0.666. The Morgan fingerprint density at radius 3 is 1.85 bits per heavy atom. The molecule has 80 valence electrons. The Labute approximate surface area is 81.4 Å². The zero-order valence-electron chi connectivity index (χ0n) is 9.46. The molecule has 0 amide bonds. The van der Waals surface area contributed by atoms with Crippen molar-refractivity contribution in [3.8, 4) is 0 Å². The van der Waals surface area contributed by atoms with Crippen LogP contribution < -0.4 is 0 Å². The monoisotopic (exact) mass is 189 g/mol. The Bertz CT molecular complexity index is 149. The van der Waals surface area contributed by atoms with Crippen LogP contribution in [0.3, 0.4) is 0 Å². The average molecular weight is 189 g/mol. The second-order valence-electron chi connectivity index (χ2n) is 5.31. The zero-order valence-corrected chi connectivity index (χ0v) is 9.46. The van der Waals surface area contributed by atoms with Crippen LogP contribution in [0.1, 0.15) is 27.7 Å². The molecule has 0 heterocycles. The van der Waals surface area contributed by atoms with E-state index in [4.69, 9.17) is 5.11 Å². The number of hydrogen-bond acceptors (Lipinski definition) is 3.